The number of aryl methyl sites for hydroxylation is 1. The Bertz CT molecular complexity index is 378. The first kappa shape index (κ1) is 10.9. The standard InChI is InChI=1S/C11H16BrN3/c1-4-13-11-9(12)7(3)14-10(15-11)8-5-6(8)2/h6,8H,4-5H2,1-3H3,(H,13,14,15). The van der Waals surface area contributed by atoms with Gasteiger partial charge in [0.2, 0.25) is 0 Å². The number of halogens is 1. The molecule has 0 spiro atoms. The second-order valence-electron chi connectivity index (χ2n) is 4.18. The molecule has 4 heteroatoms. The van der Waals surface area contributed by atoms with Crippen LogP contribution in [0.1, 0.15) is 37.7 Å². The lowest BCUT2D eigenvalue weighted by Gasteiger charge is -2.09. The summed E-state index contributed by atoms with van der Waals surface area (Å²) in [7, 11) is 0. The SMILES string of the molecule is CCNc1nc(C2CC2C)nc(C)c1Br. The second-order valence-corrected chi connectivity index (χ2v) is 4.97. The van der Waals surface area contributed by atoms with E-state index in [9.17, 15) is 0 Å². The van der Waals surface area contributed by atoms with Crippen LogP contribution in [0.3, 0.4) is 0 Å². The van der Waals surface area contributed by atoms with E-state index in [-0.39, 0.29) is 0 Å². The Labute approximate surface area is 98.8 Å². The molecule has 82 valence electrons. The van der Waals surface area contributed by atoms with E-state index in [4.69, 9.17) is 0 Å². The molecule has 1 saturated carbocycles. The highest BCUT2D eigenvalue weighted by atomic mass is 79.9. The van der Waals surface area contributed by atoms with E-state index >= 15 is 0 Å². The number of aromatic nitrogens is 2. The van der Waals surface area contributed by atoms with Gasteiger partial charge in [0.1, 0.15) is 11.6 Å². The van der Waals surface area contributed by atoms with Gasteiger partial charge in [0.25, 0.3) is 0 Å². The Balaban J connectivity index is 2.33. The van der Waals surface area contributed by atoms with Crippen LogP contribution in [0.4, 0.5) is 5.82 Å². The van der Waals surface area contributed by atoms with Crippen molar-refractivity contribution in [2.45, 2.75) is 33.1 Å². The molecule has 0 amide bonds. The molecule has 15 heavy (non-hydrogen) atoms. The minimum Gasteiger partial charge on any atom is -0.369 e. The number of nitrogens with one attached hydrogen (secondary N) is 1. The van der Waals surface area contributed by atoms with Crippen LogP contribution in [0, 0.1) is 12.8 Å². The first-order valence-corrected chi connectivity index (χ1v) is 6.20. The molecule has 0 radical (unpaired) electrons. The molecule has 0 saturated heterocycles. The van der Waals surface area contributed by atoms with Crippen LogP contribution < -0.4 is 5.32 Å². The van der Waals surface area contributed by atoms with Crippen LogP contribution in [0.5, 0.6) is 0 Å². The smallest absolute Gasteiger partial charge is 0.144 e. The average Bonchev–Trinajstić information content (AvgIpc) is 2.91. The maximum absolute atomic E-state index is 4.57. The van der Waals surface area contributed by atoms with Gasteiger partial charge in [-0.2, -0.15) is 0 Å². The van der Waals surface area contributed by atoms with Crippen molar-refractivity contribution in [2.24, 2.45) is 5.92 Å². The Morgan fingerprint density at radius 2 is 2.13 bits per heavy atom. The quantitative estimate of drug-likeness (QED) is 0.917. The van der Waals surface area contributed by atoms with Crippen molar-refractivity contribution in [3.05, 3.63) is 16.0 Å². The van der Waals surface area contributed by atoms with Gasteiger partial charge in [0, 0.05) is 12.5 Å². The lowest BCUT2D eigenvalue weighted by Crippen LogP contribution is -2.06. The van der Waals surface area contributed by atoms with Crippen molar-refractivity contribution in [2.75, 3.05) is 11.9 Å². The topological polar surface area (TPSA) is 37.8 Å². The van der Waals surface area contributed by atoms with E-state index in [0.29, 0.717) is 5.92 Å². The van der Waals surface area contributed by atoms with Gasteiger partial charge in [-0.05, 0) is 42.1 Å². The number of hydrogen-bond acceptors (Lipinski definition) is 3. The van der Waals surface area contributed by atoms with E-state index in [2.05, 4.69) is 45.1 Å². The van der Waals surface area contributed by atoms with Gasteiger partial charge < -0.3 is 5.32 Å². The van der Waals surface area contributed by atoms with Crippen LogP contribution in [-0.2, 0) is 0 Å². The van der Waals surface area contributed by atoms with Crippen molar-refractivity contribution in [1.29, 1.82) is 0 Å². The molecule has 1 aromatic rings. The van der Waals surface area contributed by atoms with Crippen molar-refractivity contribution < 1.29 is 0 Å². The number of nitrogens with zero attached hydrogens (tertiary/aromatic N) is 2. The highest BCUT2D eigenvalue weighted by molar-refractivity contribution is 9.10. The van der Waals surface area contributed by atoms with Gasteiger partial charge in [-0.15, -0.1) is 0 Å². The molecule has 0 bridgehead atoms. The molecule has 1 heterocycles. The number of anilines is 1. The van der Waals surface area contributed by atoms with Gasteiger partial charge >= 0.3 is 0 Å². The summed E-state index contributed by atoms with van der Waals surface area (Å²) in [5.41, 5.74) is 1.02. The lowest BCUT2D eigenvalue weighted by molar-refractivity contribution is 0.830. The van der Waals surface area contributed by atoms with E-state index in [1.54, 1.807) is 0 Å². The highest BCUT2D eigenvalue weighted by Gasteiger charge is 2.37. The molecule has 1 aromatic heterocycles. The molecule has 2 rings (SSSR count). The minimum atomic E-state index is 0.578. The highest BCUT2D eigenvalue weighted by Crippen LogP contribution is 2.46. The fourth-order valence-electron chi connectivity index (χ4n) is 1.71. The molecule has 1 N–H and O–H groups in total. The Hall–Kier alpha value is -0.640. The van der Waals surface area contributed by atoms with E-state index in [1.165, 1.54) is 6.42 Å². The largest absolute Gasteiger partial charge is 0.369 e. The van der Waals surface area contributed by atoms with E-state index in [1.807, 2.05) is 6.92 Å². The lowest BCUT2D eigenvalue weighted by atomic mass is 10.3. The summed E-state index contributed by atoms with van der Waals surface area (Å²) in [6.45, 7) is 7.22. The molecule has 1 aliphatic carbocycles. The Kier molecular flexibility index (Phi) is 2.96. The summed E-state index contributed by atoms with van der Waals surface area (Å²) in [4.78, 5) is 9.10. The zero-order chi connectivity index (χ0) is 11.0. The molecule has 1 aliphatic rings. The van der Waals surface area contributed by atoms with Crippen LogP contribution in [0.25, 0.3) is 0 Å². The first-order valence-electron chi connectivity index (χ1n) is 5.41. The van der Waals surface area contributed by atoms with Crippen molar-refractivity contribution in [3.63, 3.8) is 0 Å². The van der Waals surface area contributed by atoms with Crippen molar-refractivity contribution in [3.8, 4) is 0 Å². The van der Waals surface area contributed by atoms with Gasteiger partial charge in [-0.25, -0.2) is 9.97 Å². The third kappa shape index (κ3) is 2.14. The first-order chi connectivity index (χ1) is 7.13. The predicted molar refractivity (Wildman–Crippen MR) is 65.2 cm³/mol. The Morgan fingerprint density at radius 3 is 2.67 bits per heavy atom. The number of rotatable bonds is 3. The zero-order valence-corrected chi connectivity index (χ0v) is 10.9. The fourth-order valence-corrected chi connectivity index (χ4v) is 2.03. The third-order valence-electron chi connectivity index (χ3n) is 2.82. The molecule has 1 fully saturated rings. The summed E-state index contributed by atoms with van der Waals surface area (Å²) < 4.78 is 0.987. The normalized spacial score (nSPS) is 24.0. The monoisotopic (exact) mass is 269 g/mol. The van der Waals surface area contributed by atoms with Crippen molar-refractivity contribution in [1.82, 2.24) is 9.97 Å². The van der Waals surface area contributed by atoms with Crippen LogP contribution in [0.15, 0.2) is 4.47 Å². The molecule has 3 nitrogen and oxygen atoms in total. The van der Waals surface area contributed by atoms with Gasteiger partial charge in [-0.1, -0.05) is 6.92 Å². The molecule has 2 atom stereocenters. The molecule has 2 unspecified atom stereocenters. The van der Waals surface area contributed by atoms with Gasteiger partial charge in [0.15, 0.2) is 0 Å². The molecular formula is C11H16BrN3. The summed E-state index contributed by atoms with van der Waals surface area (Å²) in [5.74, 6) is 3.26. The minimum absolute atomic E-state index is 0.578. The van der Waals surface area contributed by atoms with Crippen molar-refractivity contribution >= 4 is 21.7 Å². The summed E-state index contributed by atoms with van der Waals surface area (Å²) in [6.07, 6.45) is 1.23. The predicted octanol–water partition coefficient (Wildman–Crippen LogP) is 3.10. The van der Waals surface area contributed by atoms with Crippen LogP contribution >= 0.6 is 15.9 Å². The van der Waals surface area contributed by atoms with Crippen LogP contribution in [-0.4, -0.2) is 16.5 Å². The molecule has 0 aliphatic heterocycles. The second kappa shape index (κ2) is 4.08. The van der Waals surface area contributed by atoms with E-state index < -0.39 is 0 Å². The summed E-state index contributed by atoms with van der Waals surface area (Å²) in [6, 6.07) is 0. The fraction of sp³-hybridized carbons (Fsp3) is 0.636. The zero-order valence-electron chi connectivity index (χ0n) is 9.34. The molecule has 0 aromatic carbocycles. The average molecular weight is 270 g/mol. The number of hydrogen-bond donors (Lipinski definition) is 1. The summed E-state index contributed by atoms with van der Waals surface area (Å²) in [5, 5.41) is 3.26. The van der Waals surface area contributed by atoms with E-state index in [0.717, 1.165) is 34.3 Å². The van der Waals surface area contributed by atoms with Gasteiger partial charge in [-0.3, -0.25) is 0 Å². The third-order valence-corrected chi connectivity index (χ3v) is 3.77. The molecular weight excluding hydrogens is 254 g/mol. The summed E-state index contributed by atoms with van der Waals surface area (Å²) >= 11 is 3.51. The maximum Gasteiger partial charge on any atom is 0.144 e. The van der Waals surface area contributed by atoms with Crippen LogP contribution in [0.2, 0.25) is 0 Å². The Morgan fingerprint density at radius 1 is 1.47 bits per heavy atom. The maximum atomic E-state index is 4.57. The van der Waals surface area contributed by atoms with Gasteiger partial charge in [0.05, 0.1) is 10.2 Å².